The standard InChI is InChI=1S/C21H17NO3/c1-15(18-13-7-9-16-8-5-6-12-19(16)18)22-14-20(25-21(22)23)24-17-10-3-2-4-11-17/h2-15H,1H3. The molecule has 0 amide bonds. The summed E-state index contributed by atoms with van der Waals surface area (Å²) in [6, 6.07) is 23.3. The van der Waals surface area contributed by atoms with Crippen LogP contribution in [0.5, 0.6) is 11.7 Å². The van der Waals surface area contributed by atoms with Crippen molar-refractivity contribution in [3.05, 3.63) is 95.1 Å². The van der Waals surface area contributed by atoms with Crippen LogP contribution in [0.4, 0.5) is 0 Å². The molecule has 0 N–H and O–H groups in total. The van der Waals surface area contributed by atoms with Gasteiger partial charge in [-0.2, -0.15) is 0 Å². The summed E-state index contributed by atoms with van der Waals surface area (Å²) in [5.41, 5.74) is 1.06. The maximum atomic E-state index is 12.3. The van der Waals surface area contributed by atoms with Crippen LogP contribution in [-0.4, -0.2) is 4.57 Å². The van der Waals surface area contributed by atoms with Crippen molar-refractivity contribution in [2.75, 3.05) is 0 Å². The number of benzene rings is 3. The first kappa shape index (κ1) is 15.3. The largest absolute Gasteiger partial charge is 0.425 e. The van der Waals surface area contributed by atoms with Gasteiger partial charge in [-0.05, 0) is 35.4 Å². The number of fused-ring (bicyclic) bond motifs is 1. The van der Waals surface area contributed by atoms with Crippen LogP contribution in [0, 0.1) is 0 Å². The molecule has 3 aromatic carbocycles. The first-order valence-electron chi connectivity index (χ1n) is 8.15. The summed E-state index contributed by atoms with van der Waals surface area (Å²) in [5, 5.41) is 2.26. The van der Waals surface area contributed by atoms with Crippen molar-refractivity contribution in [3.63, 3.8) is 0 Å². The van der Waals surface area contributed by atoms with Gasteiger partial charge in [0.2, 0.25) is 0 Å². The van der Waals surface area contributed by atoms with Crippen molar-refractivity contribution in [2.24, 2.45) is 0 Å². The molecule has 124 valence electrons. The average Bonchev–Trinajstić information content (AvgIpc) is 3.01. The Morgan fingerprint density at radius 3 is 2.48 bits per heavy atom. The lowest BCUT2D eigenvalue weighted by Crippen LogP contribution is -2.18. The Hall–Kier alpha value is -3.27. The zero-order chi connectivity index (χ0) is 17.2. The van der Waals surface area contributed by atoms with E-state index in [1.807, 2.05) is 61.5 Å². The Morgan fingerprint density at radius 2 is 1.64 bits per heavy atom. The van der Waals surface area contributed by atoms with Crippen molar-refractivity contribution in [1.82, 2.24) is 4.57 Å². The zero-order valence-electron chi connectivity index (χ0n) is 13.8. The highest BCUT2D eigenvalue weighted by molar-refractivity contribution is 5.86. The third kappa shape index (κ3) is 2.94. The van der Waals surface area contributed by atoms with Crippen LogP contribution in [0.25, 0.3) is 10.8 Å². The molecule has 1 heterocycles. The summed E-state index contributed by atoms with van der Waals surface area (Å²) in [4.78, 5) is 12.3. The second kappa shape index (κ2) is 6.32. The Bertz CT molecular complexity index is 1060. The van der Waals surface area contributed by atoms with E-state index < -0.39 is 5.76 Å². The molecule has 0 aliphatic rings. The Morgan fingerprint density at radius 1 is 0.920 bits per heavy atom. The van der Waals surface area contributed by atoms with Gasteiger partial charge in [0.15, 0.2) is 0 Å². The minimum Gasteiger partial charge on any atom is -0.425 e. The predicted octanol–water partition coefficient (Wildman–Crippen LogP) is 5.00. The molecule has 0 radical (unpaired) electrons. The van der Waals surface area contributed by atoms with E-state index in [-0.39, 0.29) is 12.0 Å². The van der Waals surface area contributed by atoms with E-state index in [4.69, 9.17) is 9.15 Å². The maximum Gasteiger partial charge on any atom is 0.422 e. The fourth-order valence-electron chi connectivity index (χ4n) is 3.02. The lowest BCUT2D eigenvalue weighted by atomic mass is 10.00. The van der Waals surface area contributed by atoms with Crippen LogP contribution in [0.15, 0.2) is 88.2 Å². The van der Waals surface area contributed by atoms with E-state index in [0.29, 0.717) is 5.75 Å². The molecule has 4 aromatic rings. The molecular weight excluding hydrogens is 314 g/mol. The topological polar surface area (TPSA) is 44.4 Å². The predicted molar refractivity (Wildman–Crippen MR) is 97.2 cm³/mol. The molecule has 4 nitrogen and oxygen atoms in total. The van der Waals surface area contributed by atoms with Gasteiger partial charge in [-0.1, -0.05) is 60.7 Å². The van der Waals surface area contributed by atoms with E-state index >= 15 is 0 Å². The molecular formula is C21H17NO3. The van der Waals surface area contributed by atoms with Crippen molar-refractivity contribution < 1.29 is 9.15 Å². The summed E-state index contributed by atoms with van der Waals surface area (Å²) in [6.07, 6.45) is 1.61. The minimum atomic E-state index is -0.439. The second-order valence-electron chi connectivity index (χ2n) is 5.88. The number of oxazole rings is 1. The molecule has 0 aliphatic heterocycles. The quantitative estimate of drug-likeness (QED) is 0.529. The first-order chi connectivity index (χ1) is 12.2. The van der Waals surface area contributed by atoms with E-state index in [9.17, 15) is 4.79 Å². The first-order valence-corrected chi connectivity index (χ1v) is 8.15. The molecule has 1 aromatic heterocycles. The average molecular weight is 331 g/mol. The smallest absolute Gasteiger partial charge is 0.422 e. The third-order valence-corrected chi connectivity index (χ3v) is 4.30. The normalized spacial score (nSPS) is 12.2. The van der Waals surface area contributed by atoms with E-state index in [0.717, 1.165) is 16.3 Å². The van der Waals surface area contributed by atoms with Crippen molar-refractivity contribution >= 4 is 10.8 Å². The third-order valence-electron chi connectivity index (χ3n) is 4.30. The molecule has 0 saturated heterocycles. The maximum absolute atomic E-state index is 12.3. The van der Waals surface area contributed by atoms with Crippen LogP contribution in [-0.2, 0) is 0 Å². The number of ether oxygens (including phenoxy) is 1. The SMILES string of the molecule is CC(c1cccc2ccccc12)n1cc(Oc2ccccc2)oc1=O. The van der Waals surface area contributed by atoms with E-state index in [1.54, 1.807) is 10.8 Å². The molecule has 1 atom stereocenters. The van der Waals surface area contributed by atoms with Crippen molar-refractivity contribution in [1.29, 1.82) is 0 Å². The Balaban J connectivity index is 1.71. The summed E-state index contributed by atoms with van der Waals surface area (Å²) in [7, 11) is 0. The van der Waals surface area contributed by atoms with E-state index in [2.05, 4.69) is 18.2 Å². The van der Waals surface area contributed by atoms with Crippen LogP contribution >= 0.6 is 0 Å². The van der Waals surface area contributed by atoms with Gasteiger partial charge < -0.3 is 9.15 Å². The van der Waals surface area contributed by atoms with Crippen molar-refractivity contribution in [3.8, 4) is 11.7 Å². The van der Waals surface area contributed by atoms with Gasteiger partial charge in [0.1, 0.15) is 5.75 Å². The zero-order valence-corrected chi connectivity index (χ0v) is 13.8. The number of rotatable bonds is 4. The molecule has 0 saturated carbocycles. The van der Waals surface area contributed by atoms with Gasteiger partial charge >= 0.3 is 11.7 Å². The number of hydrogen-bond donors (Lipinski definition) is 0. The summed E-state index contributed by atoms with van der Waals surface area (Å²) >= 11 is 0. The number of para-hydroxylation sites is 1. The molecule has 0 fully saturated rings. The van der Waals surface area contributed by atoms with Crippen LogP contribution < -0.4 is 10.5 Å². The molecule has 0 aliphatic carbocycles. The number of nitrogens with zero attached hydrogens (tertiary/aromatic N) is 1. The lowest BCUT2D eigenvalue weighted by Gasteiger charge is -2.14. The van der Waals surface area contributed by atoms with Gasteiger partial charge in [0, 0.05) is 0 Å². The fraction of sp³-hybridized carbons (Fsp3) is 0.0952. The number of hydrogen-bond acceptors (Lipinski definition) is 3. The Kier molecular flexibility index (Phi) is 3.86. The highest BCUT2D eigenvalue weighted by Gasteiger charge is 2.17. The van der Waals surface area contributed by atoms with Gasteiger partial charge in [-0.25, -0.2) is 4.79 Å². The second-order valence-corrected chi connectivity index (χ2v) is 5.88. The molecule has 1 unspecified atom stereocenters. The van der Waals surface area contributed by atoms with Gasteiger partial charge in [-0.15, -0.1) is 0 Å². The van der Waals surface area contributed by atoms with Gasteiger partial charge in [0.05, 0.1) is 12.2 Å². The molecule has 0 bridgehead atoms. The van der Waals surface area contributed by atoms with Crippen LogP contribution in [0.2, 0.25) is 0 Å². The summed E-state index contributed by atoms with van der Waals surface area (Å²) in [6.45, 7) is 1.98. The Labute approximate surface area is 144 Å². The highest BCUT2D eigenvalue weighted by atomic mass is 16.6. The molecule has 0 spiro atoms. The van der Waals surface area contributed by atoms with Gasteiger partial charge in [-0.3, -0.25) is 4.57 Å². The van der Waals surface area contributed by atoms with E-state index in [1.165, 1.54) is 0 Å². The van der Waals surface area contributed by atoms with Crippen LogP contribution in [0.3, 0.4) is 0 Å². The minimum absolute atomic E-state index is 0.171. The number of aromatic nitrogens is 1. The summed E-state index contributed by atoms with van der Waals surface area (Å²) < 4.78 is 12.4. The molecule has 4 heteroatoms. The molecule has 4 rings (SSSR count). The van der Waals surface area contributed by atoms with Crippen molar-refractivity contribution in [2.45, 2.75) is 13.0 Å². The molecule has 25 heavy (non-hydrogen) atoms. The van der Waals surface area contributed by atoms with Gasteiger partial charge in [0.25, 0.3) is 0 Å². The highest BCUT2D eigenvalue weighted by Crippen LogP contribution is 2.28. The monoisotopic (exact) mass is 331 g/mol. The lowest BCUT2D eigenvalue weighted by molar-refractivity contribution is 0.329. The van der Waals surface area contributed by atoms with Crippen LogP contribution in [0.1, 0.15) is 18.5 Å². The fourth-order valence-corrected chi connectivity index (χ4v) is 3.02. The summed E-state index contributed by atoms with van der Waals surface area (Å²) in [5.74, 6) is 0.371.